The standard InChI is InChI=1S/C22H21F3N2O5S/c23-22(24,25)17-3-1-2-16(14-17)4-7-21(28)26-8-10-27(11-9-26)33(29,30)18-5-6-19-20(15-18)32-13-12-31-19/h1-7,14-15H,8-13H2/b7-4-. The average Bonchev–Trinajstić information content (AvgIpc) is 2.82. The Morgan fingerprint density at radius 1 is 0.939 bits per heavy atom. The number of fused-ring (bicyclic) bond motifs is 1. The molecule has 1 saturated heterocycles. The van der Waals surface area contributed by atoms with Crippen LogP contribution in [-0.4, -0.2) is 62.9 Å². The third-order valence-electron chi connectivity index (χ3n) is 5.33. The number of hydrogen-bond acceptors (Lipinski definition) is 5. The molecule has 0 bridgehead atoms. The molecule has 1 amide bonds. The molecule has 33 heavy (non-hydrogen) atoms. The van der Waals surface area contributed by atoms with E-state index in [1.165, 1.54) is 45.6 Å². The van der Waals surface area contributed by atoms with Crippen molar-refractivity contribution in [2.24, 2.45) is 0 Å². The SMILES string of the molecule is O=C(/C=C\c1cccc(C(F)(F)F)c1)N1CCN(S(=O)(=O)c2ccc3c(c2)OCCO3)CC1. The number of sulfonamides is 1. The fourth-order valence-corrected chi connectivity index (χ4v) is 5.01. The van der Waals surface area contributed by atoms with Crippen LogP contribution in [0.2, 0.25) is 0 Å². The fourth-order valence-electron chi connectivity index (χ4n) is 3.57. The molecule has 2 aromatic carbocycles. The summed E-state index contributed by atoms with van der Waals surface area (Å²) in [5.74, 6) is 0.461. The maximum Gasteiger partial charge on any atom is 0.416 e. The quantitative estimate of drug-likeness (QED) is 0.627. The molecule has 2 aromatic rings. The van der Waals surface area contributed by atoms with E-state index in [2.05, 4.69) is 0 Å². The summed E-state index contributed by atoms with van der Waals surface area (Å²) in [5, 5.41) is 0. The molecule has 0 aromatic heterocycles. The summed E-state index contributed by atoms with van der Waals surface area (Å²) >= 11 is 0. The maximum atomic E-state index is 13.0. The van der Waals surface area contributed by atoms with Gasteiger partial charge in [0.2, 0.25) is 15.9 Å². The van der Waals surface area contributed by atoms with Gasteiger partial charge in [0.05, 0.1) is 10.5 Å². The predicted molar refractivity (Wildman–Crippen MR) is 113 cm³/mol. The van der Waals surface area contributed by atoms with E-state index in [0.717, 1.165) is 12.1 Å². The molecule has 0 spiro atoms. The summed E-state index contributed by atoms with van der Waals surface area (Å²) in [6.07, 6.45) is -1.96. The highest BCUT2D eigenvalue weighted by atomic mass is 32.2. The zero-order chi connectivity index (χ0) is 23.6. The van der Waals surface area contributed by atoms with Gasteiger partial charge in [-0.1, -0.05) is 12.1 Å². The number of carbonyl (C=O) groups is 1. The van der Waals surface area contributed by atoms with E-state index < -0.39 is 27.7 Å². The number of halogens is 3. The van der Waals surface area contributed by atoms with Gasteiger partial charge in [-0.15, -0.1) is 0 Å². The summed E-state index contributed by atoms with van der Waals surface area (Å²) in [5.41, 5.74) is -0.548. The Balaban J connectivity index is 1.38. The van der Waals surface area contributed by atoms with Crippen LogP contribution in [0.4, 0.5) is 13.2 Å². The van der Waals surface area contributed by atoms with E-state index in [-0.39, 0.29) is 36.6 Å². The van der Waals surface area contributed by atoms with Crippen LogP contribution in [0.25, 0.3) is 6.08 Å². The molecule has 0 N–H and O–H groups in total. The van der Waals surface area contributed by atoms with E-state index in [1.807, 2.05) is 0 Å². The minimum atomic E-state index is -4.47. The molecule has 0 radical (unpaired) electrons. The number of ether oxygens (including phenoxy) is 2. The number of carbonyl (C=O) groups excluding carboxylic acids is 1. The molecular weight excluding hydrogens is 461 g/mol. The fraction of sp³-hybridized carbons (Fsp3) is 0.318. The first-order chi connectivity index (χ1) is 15.6. The van der Waals surface area contributed by atoms with Gasteiger partial charge in [0, 0.05) is 38.3 Å². The zero-order valence-electron chi connectivity index (χ0n) is 17.4. The number of hydrogen-bond donors (Lipinski definition) is 0. The first kappa shape index (κ1) is 23.1. The normalized spacial score (nSPS) is 17.4. The van der Waals surface area contributed by atoms with Crippen molar-refractivity contribution in [3.05, 3.63) is 59.7 Å². The van der Waals surface area contributed by atoms with Crippen LogP contribution < -0.4 is 9.47 Å². The number of benzene rings is 2. The van der Waals surface area contributed by atoms with Gasteiger partial charge in [-0.2, -0.15) is 17.5 Å². The van der Waals surface area contributed by atoms with E-state index in [0.29, 0.717) is 24.7 Å². The van der Waals surface area contributed by atoms with Crippen molar-refractivity contribution in [1.82, 2.24) is 9.21 Å². The van der Waals surface area contributed by atoms with Crippen molar-refractivity contribution in [2.75, 3.05) is 39.4 Å². The third kappa shape index (κ3) is 5.14. The van der Waals surface area contributed by atoms with Crippen LogP contribution in [0.3, 0.4) is 0 Å². The van der Waals surface area contributed by atoms with Crippen molar-refractivity contribution in [1.29, 1.82) is 0 Å². The molecule has 0 atom stereocenters. The van der Waals surface area contributed by atoms with E-state index >= 15 is 0 Å². The summed E-state index contributed by atoms with van der Waals surface area (Å²) in [7, 11) is -3.78. The second-order valence-corrected chi connectivity index (χ2v) is 9.43. The number of rotatable bonds is 4. The second kappa shape index (κ2) is 9.06. The molecule has 0 saturated carbocycles. The smallest absolute Gasteiger partial charge is 0.416 e. The Morgan fingerprint density at radius 2 is 1.64 bits per heavy atom. The van der Waals surface area contributed by atoms with Gasteiger partial charge in [-0.25, -0.2) is 8.42 Å². The molecule has 2 heterocycles. The van der Waals surface area contributed by atoms with Gasteiger partial charge in [0.1, 0.15) is 13.2 Å². The van der Waals surface area contributed by atoms with Crippen molar-refractivity contribution in [2.45, 2.75) is 11.1 Å². The van der Waals surface area contributed by atoms with Crippen LogP contribution in [0.1, 0.15) is 11.1 Å². The highest BCUT2D eigenvalue weighted by Crippen LogP contribution is 2.33. The molecule has 0 aliphatic carbocycles. The van der Waals surface area contributed by atoms with Crippen molar-refractivity contribution < 1.29 is 35.9 Å². The largest absolute Gasteiger partial charge is 0.486 e. The number of alkyl halides is 3. The maximum absolute atomic E-state index is 13.0. The van der Waals surface area contributed by atoms with E-state index in [1.54, 1.807) is 6.07 Å². The first-order valence-electron chi connectivity index (χ1n) is 10.2. The van der Waals surface area contributed by atoms with Gasteiger partial charge in [0.15, 0.2) is 11.5 Å². The van der Waals surface area contributed by atoms with Crippen LogP contribution >= 0.6 is 0 Å². The van der Waals surface area contributed by atoms with Gasteiger partial charge >= 0.3 is 6.18 Å². The van der Waals surface area contributed by atoms with Crippen LogP contribution in [-0.2, 0) is 21.0 Å². The van der Waals surface area contributed by atoms with Gasteiger partial charge in [0.25, 0.3) is 0 Å². The Kier molecular flexibility index (Phi) is 6.35. The average molecular weight is 482 g/mol. The lowest BCUT2D eigenvalue weighted by molar-refractivity contribution is -0.137. The van der Waals surface area contributed by atoms with Crippen LogP contribution in [0, 0.1) is 0 Å². The predicted octanol–water partition coefficient (Wildman–Crippen LogP) is 3.02. The highest BCUT2D eigenvalue weighted by Gasteiger charge is 2.31. The molecule has 11 heteroatoms. The minimum Gasteiger partial charge on any atom is -0.486 e. The summed E-state index contributed by atoms with van der Waals surface area (Å²) < 4.78 is 76.6. The van der Waals surface area contributed by atoms with Gasteiger partial charge in [-0.05, 0) is 35.9 Å². The zero-order valence-corrected chi connectivity index (χ0v) is 18.2. The minimum absolute atomic E-state index is 0.0796. The van der Waals surface area contributed by atoms with Crippen molar-refractivity contribution in [3.63, 3.8) is 0 Å². The van der Waals surface area contributed by atoms with Gasteiger partial charge in [-0.3, -0.25) is 4.79 Å². The number of piperazine rings is 1. The van der Waals surface area contributed by atoms with E-state index in [4.69, 9.17) is 9.47 Å². The second-order valence-electron chi connectivity index (χ2n) is 7.49. The number of nitrogens with zero attached hydrogens (tertiary/aromatic N) is 2. The molecule has 0 unspecified atom stereocenters. The van der Waals surface area contributed by atoms with E-state index in [9.17, 15) is 26.4 Å². The molecule has 7 nitrogen and oxygen atoms in total. The monoisotopic (exact) mass is 482 g/mol. The molecule has 4 rings (SSSR count). The Hall–Kier alpha value is -3.05. The highest BCUT2D eigenvalue weighted by molar-refractivity contribution is 7.89. The first-order valence-corrected chi connectivity index (χ1v) is 11.6. The molecular formula is C22H21F3N2O5S. The Bertz CT molecular complexity index is 1170. The Labute approximate surface area is 189 Å². The molecule has 176 valence electrons. The lowest BCUT2D eigenvalue weighted by atomic mass is 10.1. The lowest BCUT2D eigenvalue weighted by Crippen LogP contribution is -2.50. The van der Waals surface area contributed by atoms with Crippen molar-refractivity contribution in [3.8, 4) is 11.5 Å². The number of amides is 1. The molecule has 2 aliphatic rings. The van der Waals surface area contributed by atoms with Crippen molar-refractivity contribution >= 4 is 22.0 Å². The summed E-state index contributed by atoms with van der Waals surface area (Å²) in [6, 6.07) is 9.10. The van der Waals surface area contributed by atoms with Gasteiger partial charge < -0.3 is 14.4 Å². The van der Waals surface area contributed by atoms with Crippen LogP contribution in [0.5, 0.6) is 11.5 Å². The molecule has 2 aliphatic heterocycles. The Morgan fingerprint density at radius 3 is 2.33 bits per heavy atom. The lowest BCUT2D eigenvalue weighted by Gasteiger charge is -2.33. The summed E-state index contributed by atoms with van der Waals surface area (Å²) in [4.78, 5) is 14.0. The summed E-state index contributed by atoms with van der Waals surface area (Å²) in [6.45, 7) is 1.26. The molecule has 1 fully saturated rings. The third-order valence-corrected chi connectivity index (χ3v) is 7.23. The van der Waals surface area contributed by atoms with Crippen LogP contribution in [0.15, 0.2) is 53.4 Å². The topological polar surface area (TPSA) is 76.2 Å².